The Balaban J connectivity index is -0.0000000450. The Labute approximate surface area is 75.8 Å². The molecule has 0 aromatic carbocycles. The van der Waals surface area contributed by atoms with Gasteiger partial charge >= 0.3 is 29.6 Å². The molecule has 6 heavy (non-hydrogen) atoms. The molecule has 2 N–H and O–H groups in total. The van der Waals surface area contributed by atoms with Crippen molar-refractivity contribution in [1.29, 1.82) is 0 Å². The second-order valence-corrected chi connectivity index (χ2v) is 0.692. The molecule has 0 bridgehead atoms. The average molecular weight is 214 g/mol. The molecule has 0 unspecified atom stereocenters. The molecule has 0 atom stereocenters. The normalized spacial score (nSPS) is 5.83. The van der Waals surface area contributed by atoms with Crippen molar-refractivity contribution >= 4 is 40.9 Å². The molecule has 0 saturated heterocycles. The molecule has 0 saturated carbocycles. The van der Waals surface area contributed by atoms with E-state index in [4.69, 9.17) is 13.3 Å². The van der Waals surface area contributed by atoms with Crippen molar-refractivity contribution in [3.8, 4) is 0 Å². The second-order valence-electron chi connectivity index (χ2n) is 0.231. The molecule has 0 aliphatic carbocycles. The molecule has 0 amide bonds. The molecule has 0 heterocycles. The monoisotopic (exact) mass is 213 g/mol. The molecule has 0 rings (SSSR count). The van der Waals surface area contributed by atoms with Crippen LogP contribution in [0.4, 0.5) is 0 Å². The molecule has 3 nitrogen and oxygen atoms in total. The van der Waals surface area contributed by atoms with Crippen molar-refractivity contribution in [2.24, 2.45) is 0 Å². The molecule has 0 aromatic heterocycles. The van der Waals surface area contributed by atoms with Crippen LogP contribution in [0.5, 0.6) is 0 Å². The predicted molar refractivity (Wildman–Crippen MR) is 20.5 cm³/mol. The van der Waals surface area contributed by atoms with Crippen molar-refractivity contribution in [2.75, 3.05) is 0 Å². The topological polar surface area (TPSA) is 57.5 Å². The van der Waals surface area contributed by atoms with Crippen LogP contribution in [0.2, 0.25) is 0 Å². The standard InChI is InChI=1S/Ag.Na.H2O3S.H/c;;1-4(2)3;/h;;(H2,1,2,3);. The zero-order valence-corrected chi connectivity index (χ0v) is 4.31. The Morgan fingerprint density at radius 2 is 1.33 bits per heavy atom. The van der Waals surface area contributed by atoms with E-state index >= 15 is 0 Å². The van der Waals surface area contributed by atoms with Gasteiger partial charge in [0.05, 0.1) is 0 Å². The first kappa shape index (κ1) is 15.7. The van der Waals surface area contributed by atoms with Crippen LogP contribution >= 0.6 is 0 Å². The summed E-state index contributed by atoms with van der Waals surface area (Å²) < 4.78 is 22.8. The van der Waals surface area contributed by atoms with Gasteiger partial charge in [0, 0.05) is 22.4 Å². The van der Waals surface area contributed by atoms with Crippen molar-refractivity contribution in [3.63, 3.8) is 0 Å². The summed E-state index contributed by atoms with van der Waals surface area (Å²) in [6, 6.07) is 0. The van der Waals surface area contributed by atoms with E-state index in [9.17, 15) is 0 Å². The van der Waals surface area contributed by atoms with E-state index in [2.05, 4.69) is 0 Å². The number of hydrogen-bond acceptors (Lipinski definition) is 1. The Kier molecular flexibility index (Phi) is 25.9. The van der Waals surface area contributed by atoms with Gasteiger partial charge < -0.3 is 0 Å². The molecular formula is H3AgNaO3S. The van der Waals surface area contributed by atoms with Gasteiger partial charge in [-0.2, -0.15) is 4.21 Å². The van der Waals surface area contributed by atoms with E-state index in [-0.39, 0.29) is 51.9 Å². The number of rotatable bonds is 0. The third-order valence-corrected chi connectivity index (χ3v) is 0. The molecule has 0 aliphatic heterocycles. The van der Waals surface area contributed by atoms with Gasteiger partial charge in [-0.15, -0.1) is 0 Å². The summed E-state index contributed by atoms with van der Waals surface area (Å²) in [6.07, 6.45) is 0. The maximum atomic E-state index is 8.67. The van der Waals surface area contributed by atoms with Crippen LogP contribution in [0, 0.1) is 0 Å². The fraction of sp³-hybridized carbons (Fsp3) is 0. The molecular weight excluding hydrogens is 211 g/mol. The van der Waals surface area contributed by atoms with Crippen molar-refractivity contribution in [3.05, 3.63) is 0 Å². The minimum atomic E-state index is -2.61. The summed E-state index contributed by atoms with van der Waals surface area (Å²) in [5.74, 6) is 0. The van der Waals surface area contributed by atoms with Crippen molar-refractivity contribution in [1.82, 2.24) is 0 Å². The van der Waals surface area contributed by atoms with E-state index in [0.717, 1.165) is 0 Å². The minimum absolute atomic E-state index is 0. The van der Waals surface area contributed by atoms with Gasteiger partial charge in [0.15, 0.2) is 0 Å². The van der Waals surface area contributed by atoms with Crippen LogP contribution < -0.4 is 0 Å². The summed E-state index contributed by atoms with van der Waals surface area (Å²) in [7, 11) is 0. The zero-order valence-electron chi connectivity index (χ0n) is 2.01. The summed E-state index contributed by atoms with van der Waals surface area (Å²) >= 11 is -2.61. The molecule has 0 fully saturated rings. The molecule has 0 aliphatic rings. The van der Waals surface area contributed by atoms with Gasteiger partial charge in [-0.1, -0.05) is 0 Å². The Bertz CT molecular complexity index is 33.8. The first-order valence-electron chi connectivity index (χ1n) is 0.532. The Morgan fingerprint density at radius 3 is 1.33 bits per heavy atom. The van der Waals surface area contributed by atoms with Crippen molar-refractivity contribution < 1.29 is 35.7 Å². The van der Waals surface area contributed by atoms with Gasteiger partial charge in [-0.3, -0.25) is 9.11 Å². The van der Waals surface area contributed by atoms with E-state index in [1.807, 2.05) is 0 Å². The first-order chi connectivity index (χ1) is 1.73. The average Bonchev–Trinajstić information content (AvgIpc) is 0.811. The van der Waals surface area contributed by atoms with E-state index in [1.54, 1.807) is 0 Å². The quantitative estimate of drug-likeness (QED) is 0.403. The van der Waals surface area contributed by atoms with Crippen LogP contribution in [-0.4, -0.2) is 42.9 Å². The van der Waals surface area contributed by atoms with Gasteiger partial charge in [-0.25, -0.2) is 0 Å². The third-order valence-electron chi connectivity index (χ3n) is 0. The van der Waals surface area contributed by atoms with Crippen LogP contribution in [0.1, 0.15) is 0 Å². The first-order valence-corrected chi connectivity index (χ1v) is 1.60. The van der Waals surface area contributed by atoms with Gasteiger partial charge in [0.1, 0.15) is 0 Å². The van der Waals surface area contributed by atoms with Crippen molar-refractivity contribution in [2.45, 2.75) is 0 Å². The van der Waals surface area contributed by atoms with E-state index in [0.29, 0.717) is 0 Å². The SMILES string of the molecule is O=S(O)O.[Ag].[NaH]. The third kappa shape index (κ3) is 41.0. The second kappa shape index (κ2) is 9.94. The van der Waals surface area contributed by atoms with Crippen LogP contribution in [0.3, 0.4) is 0 Å². The van der Waals surface area contributed by atoms with E-state index in [1.165, 1.54) is 0 Å². The molecule has 0 aromatic rings. The summed E-state index contributed by atoms with van der Waals surface area (Å²) in [5.41, 5.74) is 0. The van der Waals surface area contributed by atoms with E-state index < -0.39 is 11.4 Å². The molecule has 6 heteroatoms. The number of hydrogen-bond donors (Lipinski definition) is 2. The Morgan fingerprint density at radius 1 is 1.33 bits per heavy atom. The fourth-order valence-electron chi connectivity index (χ4n) is 0. The van der Waals surface area contributed by atoms with Gasteiger partial charge in [0.25, 0.3) is 11.4 Å². The zero-order chi connectivity index (χ0) is 3.58. The fourth-order valence-corrected chi connectivity index (χ4v) is 0. The summed E-state index contributed by atoms with van der Waals surface area (Å²) in [6.45, 7) is 0. The van der Waals surface area contributed by atoms with Crippen LogP contribution in [0.15, 0.2) is 0 Å². The van der Waals surface area contributed by atoms with Crippen LogP contribution in [0.25, 0.3) is 0 Å². The van der Waals surface area contributed by atoms with Gasteiger partial charge in [-0.05, 0) is 0 Å². The molecule has 39 valence electrons. The summed E-state index contributed by atoms with van der Waals surface area (Å²) in [5, 5.41) is 0. The van der Waals surface area contributed by atoms with Crippen LogP contribution in [-0.2, 0) is 33.7 Å². The van der Waals surface area contributed by atoms with Gasteiger partial charge in [0.2, 0.25) is 0 Å². The predicted octanol–water partition coefficient (Wildman–Crippen LogP) is -0.970. The molecule has 1 radical (unpaired) electrons. The maximum absolute atomic E-state index is 8.67. The summed E-state index contributed by atoms with van der Waals surface area (Å²) in [4.78, 5) is 0. The molecule has 0 spiro atoms. The Hall–Kier alpha value is 1.81.